The Morgan fingerprint density at radius 1 is 0.800 bits per heavy atom. The molecule has 1 amide bonds. The largest absolute Gasteiger partial charge is 0.497 e. The normalized spacial score (nSPS) is 10.7. The minimum absolute atomic E-state index is 0.208. The van der Waals surface area contributed by atoms with Gasteiger partial charge in [0, 0.05) is 21.1 Å². The number of halogens is 1. The number of pyridine rings is 1. The molecule has 0 aliphatic heterocycles. The van der Waals surface area contributed by atoms with Gasteiger partial charge >= 0.3 is 0 Å². The number of hydrogen-bond donors (Lipinski definition) is 1. The van der Waals surface area contributed by atoms with Crippen LogP contribution in [0.15, 0.2) is 108 Å². The Balaban J connectivity index is 1.40. The van der Waals surface area contributed by atoms with Gasteiger partial charge in [-0.05, 0) is 84.9 Å². The highest BCUT2D eigenvalue weighted by Gasteiger charge is 2.14. The minimum Gasteiger partial charge on any atom is -0.497 e. The van der Waals surface area contributed by atoms with E-state index in [1.165, 1.54) is 0 Å². The Labute approximate surface area is 211 Å². The summed E-state index contributed by atoms with van der Waals surface area (Å²) in [4.78, 5) is 18.1. The number of nitrogens with zero attached hydrogens (tertiary/aromatic N) is 1. The van der Waals surface area contributed by atoms with Crippen LogP contribution in [0.2, 0.25) is 0 Å². The first-order chi connectivity index (χ1) is 17.1. The van der Waals surface area contributed by atoms with Crippen LogP contribution in [0.3, 0.4) is 0 Å². The highest BCUT2D eigenvalue weighted by molar-refractivity contribution is 9.10. The van der Waals surface area contributed by atoms with Gasteiger partial charge < -0.3 is 14.8 Å². The molecule has 0 aliphatic carbocycles. The molecule has 172 valence electrons. The van der Waals surface area contributed by atoms with Gasteiger partial charge in [-0.3, -0.25) is 4.79 Å². The van der Waals surface area contributed by atoms with Crippen LogP contribution in [0.1, 0.15) is 10.4 Å². The van der Waals surface area contributed by atoms with E-state index in [9.17, 15) is 4.79 Å². The van der Waals surface area contributed by atoms with Gasteiger partial charge in [-0.25, -0.2) is 4.98 Å². The van der Waals surface area contributed by atoms with Gasteiger partial charge in [0.05, 0.1) is 23.9 Å². The van der Waals surface area contributed by atoms with Crippen molar-refractivity contribution in [3.05, 3.63) is 113 Å². The standard InChI is InChI=1S/C29H21BrN2O3/c1-34-22-12-6-19(7-13-22)28-18-26(25-4-2-3-5-27(25)32-28)29(33)31-21-10-16-24(17-11-21)35-23-14-8-20(30)9-15-23/h2-18H,1H3,(H,31,33). The summed E-state index contributed by atoms with van der Waals surface area (Å²) in [7, 11) is 1.63. The molecular formula is C29H21BrN2O3. The van der Waals surface area contributed by atoms with Gasteiger partial charge in [-0.2, -0.15) is 0 Å². The zero-order valence-corrected chi connectivity index (χ0v) is 20.5. The summed E-state index contributed by atoms with van der Waals surface area (Å²) in [5.41, 5.74) is 3.60. The predicted octanol–water partition coefficient (Wildman–Crippen LogP) is 7.72. The molecule has 0 bridgehead atoms. The van der Waals surface area contributed by atoms with Crippen LogP contribution < -0.4 is 14.8 Å². The Bertz CT molecular complexity index is 1480. The lowest BCUT2D eigenvalue weighted by molar-refractivity contribution is 0.102. The number of ether oxygens (including phenoxy) is 2. The molecule has 0 spiro atoms. The number of methoxy groups -OCH3 is 1. The zero-order chi connectivity index (χ0) is 24.2. The molecular weight excluding hydrogens is 504 g/mol. The average molecular weight is 525 g/mol. The fourth-order valence-electron chi connectivity index (χ4n) is 3.72. The summed E-state index contributed by atoms with van der Waals surface area (Å²) in [6.45, 7) is 0. The van der Waals surface area contributed by atoms with Crippen LogP contribution >= 0.6 is 15.9 Å². The maximum absolute atomic E-state index is 13.3. The lowest BCUT2D eigenvalue weighted by Crippen LogP contribution is -2.13. The van der Waals surface area contributed by atoms with Crippen LogP contribution in [0.4, 0.5) is 5.69 Å². The van der Waals surface area contributed by atoms with E-state index in [-0.39, 0.29) is 5.91 Å². The van der Waals surface area contributed by atoms with Crippen molar-refractivity contribution in [1.29, 1.82) is 0 Å². The highest BCUT2D eigenvalue weighted by atomic mass is 79.9. The number of aromatic nitrogens is 1. The first-order valence-corrected chi connectivity index (χ1v) is 11.8. The van der Waals surface area contributed by atoms with E-state index in [2.05, 4.69) is 21.2 Å². The summed E-state index contributed by atoms with van der Waals surface area (Å²) in [6.07, 6.45) is 0. The van der Waals surface area contributed by atoms with Crippen molar-refractivity contribution in [2.75, 3.05) is 12.4 Å². The Morgan fingerprint density at radius 2 is 1.43 bits per heavy atom. The average Bonchev–Trinajstić information content (AvgIpc) is 2.90. The van der Waals surface area contributed by atoms with Gasteiger partial charge in [0.1, 0.15) is 17.2 Å². The van der Waals surface area contributed by atoms with Crippen LogP contribution in [0.5, 0.6) is 17.2 Å². The van der Waals surface area contributed by atoms with Gasteiger partial charge in [0.25, 0.3) is 5.91 Å². The van der Waals surface area contributed by atoms with Gasteiger partial charge in [0.15, 0.2) is 0 Å². The smallest absolute Gasteiger partial charge is 0.256 e. The zero-order valence-electron chi connectivity index (χ0n) is 18.9. The molecule has 0 saturated heterocycles. The first kappa shape index (κ1) is 22.6. The number of nitrogens with one attached hydrogen (secondary N) is 1. The summed E-state index contributed by atoms with van der Waals surface area (Å²) >= 11 is 3.42. The number of carbonyl (C=O) groups excluding carboxylic acids is 1. The second-order valence-corrected chi connectivity index (χ2v) is 8.75. The molecule has 0 unspecified atom stereocenters. The summed E-state index contributed by atoms with van der Waals surface area (Å²) in [6, 6.07) is 32.0. The minimum atomic E-state index is -0.208. The third-order valence-electron chi connectivity index (χ3n) is 5.51. The number of para-hydroxylation sites is 1. The number of rotatable bonds is 6. The Hall–Kier alpha value is -4.16. The molecule has 0 atom stereocenters. The van der Waals surface area contributed by atoms with Crippen LogP contribution in [-0.4, -0.2) is 18.0 Å². The highest BCUT2D eigenvalue weighted by Crippen LogP contribution is 2.28. The monoisotopic (exact) mass is 524 g/mol. The topological polar surface area (TPSA) is 60.5 Å². The molecule has 0 radical (unpaired) electrons. The number of hydrogen-bond acceptors (Lipinski definition) is 4. The van der Waals surface area contributed by atoms with Crippen molar-refractivity contribution in [2.24, 2.45) is 0 Å². The molecule has 0 aliphatic rings. The summed E-state index contributed by atoms with van der Waals surface area (Å²) < 4.78 is 12.1. The Kier molecular flexibility index (Phi) is 6.46. The van der Waals surface area contributed by atoms with Crippen molar-refractivity contribution in [3.8, 4) is 28.5 Å². The van der Waals surface area contributed by atoms with Gasteiger partial charge in [0.2, 0.25) is 0 Å². The number of anilines is 1. The lowest BCUT2D eigenvalue weighted by atomic mass is 10.0. The molecule has 5 aromatic rings. The molecule has 1 heterocycles. The van der Waals surface area contributed by atoms with E-state index in [1.54, 1.807) is 7.11 Å². The van der Waals surface area contributed by atoms with E-state index < -0.39 is 0 Å². The lowest BCUT2D eigenvalue weighted by Gasteiger charge is -2.12. The van der Waals surface area contributed by atoms with Crippen LogP contribution in [0.25, 0.3) is 22.2 Å². The molecule has 1 aromatic heterocycles. The van der Waals surface area contributed by atoms with Crippen molar-refractivity contribution >= 4 is 38.4 Å². The maximum Gasteiger partial charge on any atom is 0.256 e. The Morgan fingerprint density at radius 3 is 2.11 bits per heavy atom. The van der Waals surface area contributed by atoms with Crippen molar-refractivity contribution < 1.29 is 14.3 Å². The fourth-order valence-corrected chi connectivity index (χ4v) is 3.98. The molecule has 5 rings (SSSR count). The van der Waals surface area contributed by atoms with Crippen LogP contribution in [-0.2, 0) is 0 Å². The second-order valence-electron chi connectivity index (χ2n) is 7.84. The second kappa shape index (κ2) is 9.99. The van der Waals surface area contributed by atoms with Gasteiger partial charge in [-0.1, -0.05) is 34.1 Å². The summed E-state index contributed by atoms with van der Waals surface area (Å²) in [5, 5.41) is 3.79. The molecule has 1 N–H and O–H groups in total. The van der Waals surface area contributed by atoms with Crippen molar-refractivity contribution in [3.63, 3.8) is 0 Å². The van der Waals surface area contributed by atoms with E-state index >= 15 is 0 Å². The number of amides is 1. The molecule has 6 heteroatoms. The number of fused-ring (bicyclic) bond motifs is 1. The van der Waals surface area contributed by atoms with Crippen molar-refractivity contribution in [1.82, 2.24) is 4.98 Å². The molecule has 0 saturated carbocycles. The van der Waals surface area contributed by atoms with E-state index in [0.29, 0.717) is 17.0 Å². The van der Waals surface area contributed by atoms with E-state index in [1.807, 2.05) is 103 Å². The van der Waals surface area contributed by atoms with Gasteiger partial charge in [-0.15, -0.1) is 0 Å². The SMILES string of the molecule is COc1ccc(-c2cc(C(=O)Nc3ccc(Oc4ccc(Br)cc4)cc3)c3ccccc3n2)cc1. The third kappa shape index (κ3) is 5.18. The fraction of sp³-hybridized carbons (Fsp3) is 0.0345. The number of carbonyl (C=O) groups is 1. The van der Waals surface area contributed by atoms with Crippen LogP contribution in [0, 0.1) is 0 Å². The predicted molar refractivity (Wildman–Crippen MR) is 142 cm³/mol. The quantitative estimate of drug-likeness (QED) is 0.247. The maximum atomic E-state index is 13.3. The third-order valence-corrected chi connectivity index (χ3v) is 6.04. The first-order valence-electron chi connectivity index (χ1n) is 11.0. The molecule has 0 fully saturated rings. The molecule has 4 aromatic carbocycles. The molecule has 35 heavy (non-hydrogen) atoms. The van der Waals surface area contributed by atoms with Crippen molar-refractivity contribution in [2.45, 2.75) is 0 Å². The summed E-state index contributed by atoms with van der Waals surface area (Å²) in [5.74, 6) is 1.97. The number of benzene rings is 4. The molecule has 5 nitrogen and oxygen atoms in total. The van der Waals surface area contributed by atoms with E-state index in [0.717, 1.165) is 38.1 Å². The van der Waals surface area contributed by atoms with E-state index in [4.69, 9.17) is 14.5 Å².